The second kappa shape index (κ2) is 11.0. The fourth-order valence-electron chi connectivity index (χ4n) is 2.05. The molecule has 0 atom stereocenters. The molecule has 0 bridgehead atoms. The Balaban J connectivity index is 0.000000186. The molecule has 0 unspecified atom stereocenters. The van der Waals surface area contributed by atoms with Crippen molar-refractivity contribution in [3.8, 4) is 24.2 Å². The highest BCUT2D eigenvalue weighted by molar-refractivity contribution is 9.10. The Hall–Kier alpha value is -3.56. The lowest BCUT2D eigenvalue weighted by Crippen LogP contribution is -1.93. The van der Waals surface area contributed by atoms with Crippen molar-refractivity contribution in [2.24, 2.45) is 11.8 Å². The highest BCUT2D eigenvalue weighted by Crippen LogP contribution is 2.28. The molecule has 2 aromatic rings. The number of hydrogen-bond acceptors (Lipinski definition) is 6. The van der Waals surface area contributed by atoms with E-state index in [0.29, 0.717) is 33.2 Å². The molecule has 0 amide bonds. The summed E-state index contributed by atoms with van der Waals surface area (Å²) in [5.74, 6) is 9.68. The average molecular weight is 485 g/mol. The van der Waals surface area contributed by atoms with E-state index in [1.807, 2.05) is 0 Å². The van der Waals surface area contributed by atoms with Gasteiger partial charge in [0.1, 0.15) is 0 Å². The first-order valence-electron chi connectivity index (χ1n) is 9.42. The molecule has 2 saturated carbocycles. The minimum Gasteiger partial charge on any atom is -0.398 e. The lowest BCUT2D eigenvalue weighted by atomic mass is 10.1. The average Bonchev–Trinajstić information content (AvgIpc) is 3.64. The smallest absolute Gasteiger partial charge is 0.270 e. The Morgan fingerprint density at radius 3 is 1.84 bits per heavy atom. The Morgan fingerprint density at radius 2 is 1.42 bits per heavy atom. The van der Waals surface area contributed by atoms with Gasteiger partial charge in [-0.05, 0) is 53.7 Å². The van der Waals surface area contributed by atoms with Gasteiger partial charge in [0.25, 0.3) is 11.4 Å². The second-order valence-electron chi connectivity index (χ2n) is 6.98. The van der Waals surface area contributed by atoms with E-state index in [1.165, 1.54) is 49.2 Å². The minimum absolute atomic E-state index is 0.0318. The van der Waals surface area contributed by atoms with Crippen molar-refractivity contribution in [2.75, 3.05) is 11.5 Å². The van der Waals surface area contributed by atoms with Gasteiger partial charge >= 0.3 is 0 Å². The summed E-state index contributed by atoms with van der Waals surface area (Å²) < 4.78 is 0.548. The topological polar surface area (TPSA) is 138 Å². The van der Waals surface area contributed by atoms with E-state index in [4.69, 9.17) is 17.9 Å². The number of nitrogens with zero attached hydrogens (tertiary/aromatic N) is 2. The fraction of sp³-hybridized carbons (Fsp3) is 0.273. The molecule has 0 radical (unpaired) electrons. The number of nitro groups is 2. The molecule has 0 spiro atoms. The Morgan fingerprint density at radius 1 is 0.903 bits per heavy atom. The van der Waals surface area contributed by atoms with E-state index in [1.54, 1.807) is 0 Å². The van der Waals surface area contributed by atoms with Crippen LogP contribution in [-0.4, -0.2) is 9.85 Å². The number of non-ortho nitro benzene ring substituents is 2. The van der Waals surface area contributed by atoms with Crippen LogP contribution in [0, 0.1) is 56.2 Å². The molecule has 160 valence electrons. The minimum atomic E-state index is -0.468. The predicted octanol–water partition coefficient (Wildman–Crippen LogP) is 4.91. The van der Waals surface area contributed by atoms with Crippen LogP contribution in [0.25, 0.3) is 0 Å². The normalized spacial score (nSPS) is 13.7. The van der Waals surface area contributed by atoms with Crippen molar-refractivity contribution >= 4 is 38.7 Å². The van der Waals surface area contributed by atoms with E-state index >= 15 is 0 Å². The van der Waals surface area contributed by atoms with E-state index in [0.717, 1.165) is 12.8 Å². The van der Waals surface area contributed by atoms with Crippen molar-refractivity contribution in [2.45, 2.75) is 25.7 Å². The van der Waals surface area contributed by atoms with Gasteiger partial charge in [-0.3, -0.25) is 20.2 Å². The van der Waals surface area contributed by atoms with Crippen LogP contribution in [0.4, 0.5) is 22.7 Å². The van der Waals surface area contributed by atoms with E-state index in [-0.39, 0.29) is 11.4 Å². The SMILES string of the molecule is C#CC1CC1.Nc1ccc([N+](=O)[O-])cc1Br.Nc1ccc([N+](=O)[O-])cc1C#CC1CC1. The zero-order valence-electron chi connectivity index (χ0n) is 16.6. The highest BCUT2D eigenvalue weighted by Gasteiger charge is 2.18. The molecule has 2 aliphatic rings. The number of rotatable bonds is 2. The Kier molecular flexibility index (Phi) is 8.42. The first-order valence-corrected chi connectivity index (χ1v) is 10.2. The first kappa shape index (κ1) is 23.7. The van der Waals surface area contributed by atoms with Gasteiger partial charge in [0.15, 0.2) is 0 Å². The number of nitro benzene ring substituents is 2. The number of terminal acetylenes is 1. The van der Waals surface area contributed by atoms with E-state index in [2.05, 4.69) is 33.7 Å². The first-order chi connectivity index (χ1) is 14.7. The van der Waals surface area contributed by atoms with E-state index in [9.17, 15) is 20.2 Å². The molecule has 9 heteroatoms. The van der Waals surface area contributed by atoms with Crippen molar-refractivity contribution in [1.29, 1.82) is 0 Å². The maximum Gasteiger partial charge on any atom is 0.270 e. The molecule has 2 aromatic carbocycles. The number of halogens is 1. The third kappa shape index (κ3) is 8.37. The zero-order valence-corrected chi connectivity index (χ0v) is 18.2. The van der Waals surface area contributed by atoms with Gasteiger partial charge in [-0.25, -0.2) is 0 Å². The number of hydrogen-bond donors (Lipinski definition) is 2. The molecule has 2 aliphatic carbocycles. The summed E-state index contributed by atoms with van der Waals surface area (Å²) in [6, 6.07) is 8.55. The molecule has 8 nitrogen and oxygen atoms in total. The summed E-state index contributed by atoms with van der Waals surface area (Å²) in [5.41, 5.74) is 12.7. The molecule has 0 aliphatic heterocycles. The van der Waals surface area contributed by atoms with Crippen LogP contribution < -0.4 is 11.5 Å². The van der Waals surface area contributed by atoms with Crippen molar-refractivity contribution < 1.29 is 9.85 Å². The van der Waals surface area contributed by atoms with Crippen LogP contribution in [0.3, 0.4) is 0 Å². The Labute approximate surface area is 188 Å². The summed E-state index contributed by atoms with van der Waals surface area (Å²) in [4.78, 5) is 19.8. The summed E-state index contributed by atoms with van der Waals surface area (Å²) >= 11 is 3.08. The molecule has 4 N–H and O–H groups in total. The Bertz CT molecular complexity index is 1080. The van der Waals surface area contributed by atoms with Gasteiger partial charge in [0, 0.05) is 51.9 Å². The lowest BCUT2D eigenvalue weighted by molar-refractivity contribution is -0.385. The van der Waals surface area contributed by atoms with Crippen molar-refractivity contribution in [3.05, 3.63) is 66.7 Å². The molecule has 2 fully saturated rings. The fourth-order valence-corrected chi connectivity index (χ4v) is 2.42. The number of benzene rings is 2. The molecule has 0 saturated heterocycles. The van der Waals surface area contributed by atoms with Gasteiger partial charge in [0.05, 0.1) is 15.4 Å². The lowest BCUT2D eigenvalue weighted by Gasteiger charge is -1.97. The van der Waals surface area contributed by atoms with Crippen molar-refractivity contribution in [3.63, 3.8) is 0 Å². The molecule has 31 heavy (non-hydrogen) atoms. The molecular formula is C22H21BrN4O4. The van der Waals surface area contributed by atoms with Gasteiger partial charge in [-0.1, -0.05) is 11.8 Å². The monoisotopic (exact) mass is 484 g/mol. The second-order valence-corrected chi connectivity index (χ2v) is 7.83. The third-order valence-electron chi connectivity index (χ3n) is 4.24. The van der Waals surface area contributed by atoms with Crippen molar-refractivity contribution in [1.82, 2.24) is 0 Å². The highest BCUT2D eigenvalue weighted by atomic mass is 79.9. The van der Waals surface area contributed by atoms with Crippen LogP contribution in [0.15, 0.2) is 40.9 Å². The summed E-state index contributed by atoms with van der Waals surface area (Å²) in [5, 5.41) is 20.7. The standard InChI is InChI=1S/C11H10N2O2.C6H5BrN2O2.C5H6/c12-11-6-5-10(13(14)15)7-9(11)4-3-8-1-2-8;7-5-3-4(9(10)11)1-2-6(5)8;1-2-5-3-4-5/h5-8H,1-2,12H2;1-3H,8H2;1,5H,3-4H2. The molecule has 4 rings (SSSR count). The maximum atomic E-state index is 10.5. The van der Waals surface area contributed by atoms with E-state index < -0.39 is 9.85 Å². The van der Waals surface area contributed by atoms with Crippen LogP contribution >= 0.6 is 15.9 Å². The zero-order chi connectivity index (χ0) is 23.0. The third-order valence-corrected chi connectivity index (χ3v) is 4.93. The van der Waals surface area contributed by atoms with Gasteiger partial charge in [0.2, 0.25) is 0 Å². The van der Waals surface area contributed by atoms with Gasteiger partial charge in [-0.2, -0.15) is 0 Å². The largest absolute Gasteiger partial charge is 0.398 e. The summed E-state index contributed by atoms with van der Waals surface area (Å²) in [7, 11) is 0. The van der Waals surface area contributed by atoms with Gasteiger partial charge in [-0.15, -0.1) is 12.3 Å². The summed E-state index contributed by atoms with van der Waals surface area (Å²) in [6.07, 6.45) is 9.79. The molecular weight excluding hydrogens is 464 g/mol. The number of nitrogen functional groups attached to an aromatic ring is 2. The number of anilines is 2. The van der Waals surface area contributed by atoms with Gasteiger partial charge < -0.3 is 11.5 Å². The van der Waals surface area contributed by atoms with Crippen LogP contribution in [-0.2, 0) is 0 Å². The van der Waals surface area contributed by atoms with Crippen LogP contribution in [0.2, 0.25) is 0 Å². The predicted molar refractivity (Wildman–Crippen MR) is 124 cm³/mol. The quantitative estimate of drug-likeness (QED) is 0.268. The molecule has 0 aromatic heterocycles. The van der Waals surface area contributed by atoms with Crippen LogP contribution in [0.1, 0.15) is 31.2 Å². The maximum absolute atomic E-state index is 10.5. The van der Waals surface area contributed by atoms with Crippen LogP contribution in [0.5, 0.6) is 0 Å². The number of nitrogens with two attached hydrogens (primary N) is 2. The summed E-state index contributed by atoms with van der Waals surface area (Å²) in [6.45, 7) is 0. The molecule has 0 heterocycles.